The third-order valence-corrected chi connectivity index (χ3v) is 3.50. The minimum atomic E-state index is -0.933. The number of fused-ring (bicyclic) bond motifs is 2. The lowest BCUT2D eigenvalue weighted by Crippen LogP contribution is -2.26. The van der Waals surface area contributed by atoms with Crippen molar-refractivity contribution >= 4 is 16.9 Å². The second-order valence-corrected chi connectivity index (χ2v) is 4.78. The van der Waals surface area contributed by atoms with Gasteiger partial charge in [-0.2, -0.15) is 0 Å². The number of pyridine rings is 1. The van der Waals surface area contributed by atoms with E-state index in [1.807, 2.05) is 18.2 Å². The summed E-state index contributed by atoms with van der Waals surface area (Å²) < 4.78 is 10.2. The molecule has 6 heteroatoms. The summed E-state index contributed by atoms with van der Waals surface area (Å²) in [7, 11) is 1.59. The number of aliphatic hydroxyl groups is 1. The summed E-state index contributed by atoms with van der Waals surface area (Å²) >= 11 is 0. The van der Waals surface area contributed by atoms with E-state index in [1.54, 1.807) is 20.1 Å². The Kier molecular flexibility index (Phi) is 3.48. The predicted molar refractivity (Wildman–Crippen MR) is 75.8 cm³/mol. The van der Waals surface area contributed by atoms with Crippen molar-refractivity contribution < 1.29 is 19.4 Å². The lowest BCUT2D eigenvalue weighted by molar-refractivity contribution is -0.146. The predicted octanol–water partition coefficient (Wildman–Crippen LogP) is 1.44. The van der Waals surface area contributed by atoms with E-state index in [0.717, 1.165) is 10.9 Å². The fourth-order valence-corrected chi connectivity index (χ4v) is 2.49. The highest BCUT2D eigenvalue weighted by Gasteiger charge is 2.36. The molecule has 0 aliphatic carbocycles. The number of hydrogen-bond acceptors (Lipinski definition) is 6. The third kappa shape index (κ3) is 2.32. The lowest BCUT2D eigenvalue weighted by Gasteiger charge is -2.10. The number of carbonyl (C=O) groups is 1. The molecule has 2 atom stereocenters. The van der Waals surface area contributed by atoms with Crippen molar-refractivity contribution in [2.75, 3.05) is 13.7 Å². The number of esters is 1. The molecule has 2 aromatic rings. The fraction of sp³-hybridized carbons (Fsp3) is 0.333. The fourth-order valence-electron chi connectivity index (χ4n) is 2.49. The van der Waals surface area contributed by atoms with Crippen molar-refractivity contribution in [3.05, 3.63) is 35.5 Å². The number of hydrogen-bond donors (Lipinski definition) is 2. The van der Waals surface area contributed by atoms with Gasteiger partial charge in [0, 0.05) is 10.9 Å². The van der Waals surface area contributed by atoms with Crippen LogP contribution in [-0.2, 0) is 9.53 Å². The van der Waals surface area contributed by atoms with Gasteiger partial charge in [-0.05, 0) is 31.2 Å². The van der Waals surface area contributed by atoms with Crippen LogP contribution in [0.15, 0.2) is 24.3 Å². The van der Waals surface area contributed by atoms with Crippen molar-refractivity contribution in [1.82, 2.24) is 10.3 Å². The maximum atomic E-state index is 11.9. The second kappa shape index (κ2) is 5.31. The zero-order valence-electron chi connectivity index (χ0n) is 11.8. The van der Waals surface area contributed by atoms with E-state index in [1.165, 1.54) is 0 Å². The maximum absolute atomic E-state index is 11.9. The van der Waals surface area contributed by atoms with E-state index in [2.05, 4.69) is 10.3 Å². The van der Waals surface area contributed by atoms with Gasteiger partial charge in [-0.1, -0.05) is 0 Å². The first-order chi connectivity index (χ1) is 10.1. The van der Waals surface area contributed by atoms with Crippen molar-refractivity contribution in [2.24, 2.45) is 0 Å². The molecular weight excluding hydrogens is 272 g/mol. The first-order valence-corrected chi connectivity index (χ1v) is 6.73. The standard InChI is InChI=1S/C15H16N2O4/c1-3-21-15(19)13-12-10(14(18)17-13)7-8-6-9(20-2)4-5-11(8)16-12/h4-7,13-14,17-18H,3H2,1-2H3/t13-,14+/m0/s1. The molecule has 0 unspecified atom stereocenters. The van der Waals surface area contributed by atoms with Crippen LogP contribution in [0.2, 0.25) is 0 Å². The van der Waals surface area contributed by atoms with E-state index in [0.29, 0.717) is 17.0 Å². The molecule has 1 aliphatic rings. The summed E-state index contributed by atoms with van der Waals surface area (Å²) in [5.74, 6) is 0.280. The van der Waals surface area contributed by atoms with E-state index in [4.69, 9.17) is 9.47 Å². The third-order valence-electron chi connectivity index (χ3n) is 3.50. The van der Waals surface area contributed by atoms with Crippen LogP contribution < -0.4 is 10.1 Å². The minimum Gasteiger partial charge on any atom is -0.497 e. The number of aliphatic hydroxyl groups excluding tert-OH is 1. The quantitative estimate of drug-likeness (QED) is 0.832. The van der Waals surface area contributed by atoms with Gasteiger partial charge in [-0.15, -0.1) is 0 Å². The van der Waals surface area contributed by atoms with Gasteiger partial charge < -0.3 is 14.6 Å². The smallest absolute Gasteiger partial charge is 0.329 e. The zero-order valence-corrected chi connectivity index (χ0v) is 11.8. The van der Waals surface area contributed by atoms with Gasteiger partial charge in [-0.3, -0.25) is 10.3 Å². The Labute approximate surface area is 121 Å². The van der Waals surface area contributed by atoms with Gasteiger partial charge in [0.1, 0.15) is 12.0 Å². The van der Waals surface area contributed by atoms with Crippen LogP contribution in [-0.4, -0.2) is 29.8 Å². The molecule has 110 valence electrons. The zero-order chi connectivity index (χ0) is 15.0. The van der Waals surface area contributed by atoms with Crippen LogP contribution in [0.5, 0.6) is 5.75 Å². The number of nitrogens with one attached hydrogen (secondary N) is 1. The Morgan fingerprint density at radius 2 is 2.24 bits per heavy atom. The Bertz CT molecular complexity index is 701. The summed E-state index contributed by atoms with van der Waals surface area (Å²) in [4.78, 5) is 16.4. The molecule has 1 aromatic carbocycles. The van der Waals surface area contributed by atoms with Crippen molar-refractivity contribution in [1.29, 1.82) is 0 Å². The highest BCUT2D eigenvalue weighted by molar-refractivity contribution is 5.84. The summed E-state index contributed by atoms with van der Waals surface area (Å²) in [6.45, 7) is 2.03. The molecule has 2 heterocycles. The molecule has 0 bridgehead atoms. The number of aromatic nitrogens is 1. The normalized spacial score (nSPS) is 20.3. The number of rotatable bonds is 3. The number of nitrogens with zero attached hydrogens (tertiary/aromatic N) is 1. The maximum Gasteiger partial charge on any atom is 0.329 e. The number of carbonyl (C=O) groups excluding carboxylic acids is 1. The van der Waals surface area contributed by atoms with Crippen molar-refractivity contribution in [3.8, 4) is 5.75 Å². The summed E-state index contributed by atoms with van der Waals surface area (Å²) in [5.41, 5.74) is 1.84. The molecule has 0 saturated heterocycles. The molecule has 1 aliphatic heterocycles. The molecule has 0 spiro atoms. The van der Waals surface area contributed by atoms with Crippen molar-refractivity contribution in [3.63, 3.8) is 0 Å². The van der Waals surface area contributed by atoms with E-state index < -0.39 is 18.2 Å². The van der Waals surface area contributed by atoms with Crippen LogP contribution in [0.3, 0.4) is 0 Å². The highest BCUT2D eigenvalue weighted by Crippen LogP contribution is 2.34. The largest absolute Gasteiger partial charge is 0.497 e. The minimum absolute atomic E-state index is 0.285. The van der Waals surface area contributed by atoms with E-state index in [9.17, 15) is 9.90 Å². The Morgan fingerprint density at radius 1 is 1.43 bits per heavy atom. The summed E-state index contributed by atoms with van der Waals surface area (Å²) in [6.07, 6.45) is -0.933. The molecule has 0 radical (unpaired) electrons. The first kappa shape index (κ1) is 13.8. The van der Waals surface area contributed by atoms with Gasteiger partial charge in [-0.25, -0.2) is 4.79 Å². The molecule has 0 amide bonds. The molecule has 2 N–H and O–H groups in total. The van der Waals surface area contributed by atoms with Crippen LogP contribution in [0.25, 0.3) is 10.9 Å². The van der Waals surface area contributed by atoms with Crippen LogP contribution in [0.1, 0.15) is 30.5 Å². The van der Waals surface area contributed by atoms with Gasteiger partial charge >= 0.3 is 5.97 Å². The average molecular weight is 288 g/mol. The first-order valence-electron chi connectivity index (χ1n) is 6.73. The molecule has 0 fully saturated rings. The second-order valence-electron chi connectivity index (χ2n) is 4.78. The average Bonchev–Trinajstić information content (AvgIpc) is 2.81. The Balaban J connectivity index is 2.09. The van der Waals surface area contributed by atoms with Crippen LogP contribution in [0, 0.1) is 0 Å². The molecule has 21 heavy (non-hydrogen) atoms. The number of ether oxygens (including phenoxy) is 2. The molecule has 0 saturated carbocycles. The van der Waals surface area contributed by atoms with Gasteiger partial charge in [0.05, 0.1) is 24.9 Å². The van der Waals surface area contributed by atoms with Crippen LogP contribution >= 0.6 is 0 Å². The van der Waals surface area contributed by atoms with Gasteiger partial charge in [0.25, 0.3) is 0 Å². The molecule has 1 aromatic heterocycles. The monoisotopic (exact) mass is 288 g/mol. The Hall–Kier alpha value is -2.18. The van der Waals surface area contributed by atoms with E-state index >= 15 is 0 Å². The highest BCUT2D eigenvalue weighted by atomic mass is 16.5. The number of benzene rings is 1. The molecular formula is C15H16N2O4. The number of methoxy groups -OCH3 is 1. The Morgan fingerprint density at radius 3 is 2.95 bits per heavy atom. The van der Waals surface area contributed by atoms with Gasteiger partial charge in [0.15, 0.2) is 6.04 Å². The topological polar surface area (TPSA) is 80.7 Å². The molecule has 6 nitrogen and oxygen atoms in total. The summed E-state index contributed by atoms with van der Waals surface area (Å²) in [5, 5.41) is 13.7. The molecule has 3 rings (SSSR count). The summed E-state index contributed by atoms with van der Waals surface area (Å²) in [6, 6.07) is 6.55. The van der Waals surface area contributed by atoms with Crippen molar-refractivity contribution in [2.45, 2.75) is 19.2 Å². The van der Waals surface area contributed by atoms with Crippen LogP contribution in [0.4, 0.5) is 0 Å². The lowest BCUT2D eigenvalue weighted by atomic mass is 10.1. The SMILES string of the molecule is CCOC(=O)[C@H]1N[C@H](O)c2cc3cc(OC)ccc3nc21. The van der Waals surface area contributed by atoms with E-state index in [-0.39, 0.29) is 6.61 Å². The van der Waals surface area contributed by atoms with Gasteiger partial charge in [0.2, 0.25) is 0 Å².